The number of anilines is 1. The van der Waals surface area contributed by atoms with Gasteiger partial charge in [0.25, 0.3) is 0 Å². The Kier molecular flexibility index (Phi) is 4.04. The fraction of sp³-hybridized carbons (Fsp3) is 0.571. The molecule has 0 bridgehead atoms. The number of aliphatic hydroxyl groups is 1. The van der Waals surface area contributed by atoms with Gasteiger partial charge < -0.3 is 10.0 Å². The first-order chi connectivity index (χ1) is 9.04. The number of aliphatic hydroxyl groups excluding tert-OH is 1. The fourth-order valence-corrected chi connectivity index (χ4v) is 2.15. The van der Waals surface area contributed by atoms with Crippen molar-refractivity contribution in [2.45, 2.75) is 39.7 Å². The summed E-state index contributed by atoms with van der Waals surface area (Å²) in [6, 6.07) is 2.36. The Bertz CT molecular complexity index is 547. The van der Waals surface area contributed by atoms with Crippen molar-refractivity contribution in [3.63, 3.8) is 0 Å². The van der Waals surface area contributed by atoms with E-state index in [1.165, 1.54) is 0 Å². The van der Waals surface area contributed by atoms with Gasteiger partial charge in [-0.15, -0.1) is 0 Å². The minimum absolute atomic E-state index is 0.117. The fourth-order valence-electron chi connectivity index (χ4n) is 2.15. The van der Waals surface area contributed by atoms with Crippen molar-refractivity contribution in [3.05, 3.63) is 24.2 Å². The summed E-state index contributed by atoms with van der Waals surface area (Å²) >= 11 is 0. The monoisotopic (exact) mass is 262 g/mol. The van der Waals surface area contributed by atoms with Gasteiger partial charge in [-0.25, -0.2) is 9.50 Å². The maximum atomic E-state index is 9.22. The number of fused-ring (bicyclic) bond motifs is 1. The first-order valence-corrected chi connectivity index (χ1v) is 6.76. The molecule has 5 nitrogen and oxygen atoms in total. The van der Waals surface area contributed by atoms with E-state index in [1.807, 2.05) is 10.7 Å². The minimum atomic E-state index is 0.117. The van der Waals surface area contributed by atoms with E-state index in [9.17, 15) is 5.11 Å². The lowest BCUT2D eigenvalue weighted by molar-refractivity contribution is 0.298. The molecule has 0 aromatic carbocycles. The molecule has 2 aromatic rings. The Balaban J connectivity index is 2.52. The van der Waals surface area contributed by atoms with Crippen LogP contribution in [0.2, 0.25) is 0 Å². The Morgan fingerprint density at radius 2 is 2.05 bits per heavy atom. The molecular formula is C14H22N4O. The van der Waals surface area contributed by atoms with Gasteiger partial charge in [0, 0.05) is 25.0 Å². The van der Waals surface area contributed by atoms with E-state index < -0.39 is 0 Å². The summed E-state index contributed by atoms with van der Waals surface area (Å²) in [5.41, 5.74) is 2.05. The lowest BCUT2D eigenvalue weighted by atomic mass is 10.1. The molecule has 0 aliphatic heterocycles. The average molecular weight is 262 g/mol. The van der Waals surface area contributed by atoms with Gasteiger partial charge in [0.2, 0.25) is 0 Å². The molecule has 19 heavy (non-hydrogen) atoms. The molecular weight excluding hydrogens is 240 g/mol. The summed E-state index contributed by atoms with van der Waals surface area (Å²) in [5, 5.41) is 13.8. The quantitative estimate of drug-likeness (QED) is 0.896. The van der Waals surface area contributed by atoms with Gasteiger partial charge in [-0.2, -0.15) is 5.10 Å². The second-order valence-corrected chi connectivity index (χ2v) is 5.32. The van der Waals surface area contributed by atoms with Crippen LogP contribution < -0.4 is 4.90 Å². The van der Waals surface area contributed by atoms with Crippen LogP contribution in [0, 0.1) is 0 Å². The molecule has 0 fully saturated rings. The highest BCUT2D eigenvalue weighted by Crippen LogP contribution is 2.23. The van der Waals surface area contributed by atoms with Crippen molar-refractivity contribution >= 4 is 11.3 Å². The van der Waals surface area contributed by atoms with Gasteiger partial charge in [-0.1, -0.05) is 13.8 Å². The summed E-state index contributed by atoms with van der Waals surface area (Å²) in [6.07, 6.45) is 3.62. The maximum absolute atomic E-state index is 9.22. The van der Waals surface area contributed by atoms with Gasteiger partial charge in [0.15, 0.2) is 5.82 Å². The van der Waals surface area contributed by atoms with Crippen LogP contribution in [0.4, 0.5) is 5.82 Å². The van der Waals surface area contributed by atoms with Crippen LogP contribution in [0.15, 0.2) is 18.5 Å². The van der Waals surface area contributed by atoms with Crippen molar-refractivity contribution < 1.29 is 5.11 Å². The van der Waals surface area contributed by atoms with E-state index in [2.05, 4.69) is 48.7 Å². The van der Waals surface area contributed by atoms with Crippen molar-refractivity contribution in [2.75, 3.05) is 18.1 Å². The molecule has 5 heteroatoms. The van der Waals surface area contributed by atoms with E-state index in [-0.39, 0.29) is 12.6 Å². The Hall–Kier alpha value is -1.62. The highest BCUT2D eigenvalue weighted by Gasteiger charge is 2.17. The van der Waals surface area contributed by atoms with Crippen molar-refractivity contribution in [3.8, 4) is 0 Å². The molecule has 104 valence electrons. The zero-order valence-electron chi connectivity index (χ0n) is 12.0. The highest BCUT2D eigenvalue weighted by atomic mass is 16.3. The summed E-state index contributed by atoms with van der Waals surface area (Å²) < 4.78 is 1.87. The molecule has 0 radical (unpaired) electrons. The van der Waals surface area contributed by atoms with E-state index in [1.54, 1.807) is 6.20 Å². The first kappa shape index (κ1) is 13.8. The number of rotatable bonds is 5. The summed E-state index contributed by atoms with van der Waals surface area (Å²) in [7, 11) is 0. The molecule has 2 heterocycles. The van der Waals surface area contributed by atoms with Gasteiger partial charge in [0.05, 0.1) is 12.3 Å². The van der Waals surface area contributed by atoms with Crippen LogP contribution in [0.25, 0.3) is 5.52 Å². The van der Waals surface area contributed by atoms with Crippen LogP contribution >= 0.6 is 0 Å². The lowest BCUT2D eigenvalue weighted by Crippen LogP contribution is -2.34. The molecule has 0 spiro atoms. The number of nitrogens with zero attached hydrogens (tertiary/aromatic N) is 4. The minimum Gasteiger partial charge on any atom is -0.395 e. The van der Waals surface area contributed by atoms with Crippen LogP contribution in [0.5, 0.6) is 0 Å². The van der Waals surface area contributed by atoms with E-state index in [0.717, 1.165) is 17.0 Å². The second kappa shape index (κ2) is 5.57. The van der Waals surface area contributed by atoms with E-state index >= 15 is 0 Å². The normalized spacial score (nSPS) is 11.7. The Labute approximate surface area is 113 Å². The topological polar surface area (TPSA) is 53.7 Å². The molecule has 1 N–H and O–H groups in total. The van der Waals surface area contributed by atoms with Gasteiger partial charge in [-0.3, -0.25) is 0 Å². The molecule has 0 aliphatic carbocycles. The summed E-state index contributed by atoms with van der Waals surface area (Å²) in [4.78, 5) is 6.57. The number of hydrogen-bond donors (Lipinski definition) is 1. The molecule has 0 atom stereocenters. The highest BCUT2D eigenvalue weighted by molar-refractivity contribution is 5.69. The predicted octanol–water partition coefficient (Wildman–Crippen LogP) is 2.06. The molecule has 0 unspecified atom stereocenters. The molecule has 2 rings (SSSR count). The number of aromatic nitrogens is 3. The average Bonchev–Trinajstić information content (AvgIpc) is 2.79. The SMILES string of the molecule is CC(C)c1cc2c(N(CCO)C(C)C)nccn2n1. The van der Waals surface area contributed by atoms with Crippen LogP contribution in [-0.4, -0.2) is 38.9 Å². The molecule has 0 amide bonds. The molecule has 0 aliphatic rings. The van der Waals surface area contributed by atoms with Gasteiger partial charge in [0.1, 0.15) is 5.52 Å². The third-order valence-electron chi connectivity index (χ3n) is 3.22. The standard InChI is InChI=1S/C14H22N4O/c1-10(2)12-9-13-14(15-5-6-18(13)16-12)17(7-8-19)11(3)4/h5-6,9-11,19H,7-8H2,1-4H3. The maximum Gasteiger partial charge on any atom is 0.155 e. The van der Waals surface area contributed by atoms with Crippen molar-refractivity contribution in [1.29, 1.82) is 0 Å². The van der Waals surface area contributed by atoms with Crippen LogP contribution in [0.1, 0.15) is 39.3 Å². The largest absolute Gasteiger partial charge is 0.395 e. The molecule has 2 aromatic heterocycles. The number of hydrogen-bond acceptors (Lipinski definition) is 4. The zero-order chi connectivity index (χ0) is 14.0. The second-order valence-electron chi connectivity index (χ2n) is 5.32. The van der Waals surface area contributed by atoms with E-state index in [0.29, 0.717) is 12.5 Å². The predicted molar refractivity (Wildman–Crippen MR) is 76.6 cm³/mol. The first-order valence-electron chi connectivity index (χ1n) is 6.76. The molecule has 0 saturated carbocycles. The summed E-state index contributed by atoms with van der Waals surface area (Å²) in [6.45, 7) is 9.14. The molecule has 0 saturated heterocycles. The third-order valence-corrected chi connectivity index (χ3v) is 3.22. The van der Waals surface area contributed by atoms with Gasteiger partial charge in [-0.05, 0) is 25.8 Å². The van der Waals surface area contributed by atoms with Crippen molar-refractivity contribution in [2.24, 2.45) is 0 Å². The Morgan fingerprint density at radius 3 is 2.63 bits per heavy atom. The van der Waals surface area contributed by atoms with Crippen LogP contribution in [0.3, 0.4) is 0 Å². The summed E-state index contributed by atoms with van der Waals surface area (Å²) in [5.74, 6) is 1.27. The smallest absolute Gasteiger partial charge is 0.155 e. The zero-order valence-corrected chi connectivity index (χ0v) is 12.0. The lowest BCUT2D eigenvalue weighted by Gasteiger charge is -2.27. The Morgan fingerprint density at radius 1 is 1.32 bits per heavy atom. The third kappa shape index (κ3) is 2.71. The van der Waals surface area contributed by atoms with Crippen LogP contribution in [-0.2, 0) is 0 Å². The van der Waals surface area contributed by atoms with Crippen molar-refractivity contribution in [1.82, 2.24) is 14.6 Å². The van der Waals surface area contributed by atoms with E-state index in [4.69, 9.17) is 0 Å². The van der Waals surface area contributed by atoms with Gasteiger partial charge >= 0.3 is 0 Å².